The Kier molecular flexibility index (Phi) is 0.983. The minimum absolute atomic E-state index is 0.0119. The second-order valence-electron chi connectivity index (χ2n) is 2.29. The van der Waals surface area contributed by atoms with Crippen LogP contribution in [0.25, 0.3) is 0 Å². The Labute approximate surface area is 97.1 Å². The van der Waals surface area contributed by atoms with Gasteiger partial charge in [0.1, 0.15) is 10.7 Å². The number of hydrogen-bond acceptors (Lipinski definition) is 3. The lowest BCUT2D eigenvalue weighted by molar-refractivity contribution is 0.0355. The second-order valence-corrected chi connectivity index (χ2v) is 3.10. The van der Waals surface area contributed by atoms with Gasteiger partial charge in [0.15, 0.2) is 0 Å². The number of rotatable bonds is 2. The summed E-state index contributed by atoms with van der Waals surface area (Å²) >= 11 is 3.07. The van der Waals surface area contributed by atoms with Gasteiger partial charge in [-0.1, -0.05) is 6.07 Å². The highest BCUT2D eigenvalue weighted by Crippen LogP contribution is 2.16. The SMILES string of the molecule is [2H]C([2H])([2H])N1C([2H])([2H])C([2H])(Oc2cccc(Br)n2)C1([2H])[2H]. The number of aromatic nitrogens is 1. The summed E-state index contributed by atoms with van der Waals surface area (Å²) in [5.74, 6) is -0.183. The van der Waals surface area contributed by atoms with E-state index in [0.29, 0.717) is 4.60 Å². The molecule has 2 rings (SSSR count). The van der Waals surface area contributed by atoms with Gasteiger partial charge in [0.05, 0.1) is 1.37 Å². The van der Waals surface area contributed by atoms with Crippen LogP contribution in [0.1, 0.15) is 11.0 Å². The van der Waals surface area contributed by atoms with Crippen LogP contribution in [0.3, 0.4) is 0 Å². The van der Waals surface area contributed by atoms with Crippen LogP contribution in [0.5, 0.6) is 5.88 Å². The molecular formula is C9H11BrN2O. The van der Waals surface area contributed by atoms with Gasteiger partial charge in [0.2, 0.25) is 5.88 Å². The van der Waals surface area contributed by atoms with Crippen molar-refractivity contribution in [3.63, 3.8) is 0 Å². The first-order chi connectivity index (χ1) is 9.34. The van der Waals surface area contributed by atoms with E-state index in [-0.39, 0.29) is 10.8 Å². The van der Waals surface area contributed by atoms with Crippen LogP contribution in [0.15, 0.2) is 22.8 Å². The average molecular weight is 251 g/mol. The normalized spacial score (nSPS) is 38.5. The smallest absolute Gasteiger partial charge is 0.214 e. The summed E-state index contributed by atoms with van der Waals surface area (Å²) in [4.78, 5) is 3.85. The van der Waals surface area contributed by atoms with Crippen LogP contribution in [0, 0.1) is 0 Å². The van der Waals surface area contributed by atoms with Crippen LogP contribution in [0.2, 0.25) is 0 Å². The molecule has 3 nitrogen and oxygen atoms in total. The number of hydrogen-bond donors (Lipinski definition) is 0. The number of pyridine rings is 1. The Morgan fingerprint density at radius 2 is 2.69 bits per heavy atom. The van der Waals surface area contributed by atoms with Gasteiger partial charge in [-0.25, -0.2) is 4.98 Å². The maximum atomic E-state index is 7.97. The Morgan fingerprint density at radius 1 is 1.85 bits per heavy atom. The van der Waals surface area contributed by atoms with E-state index in [2.05, 4.69) is 20.9 Å². The summed E-state index contributed by atoms with van der Waals surface area (Å²) in [5.41, 5.74) is 0. The fourth-order valence-electron chi connectivity index (χ4n) is 0.800. The van der Waals surface area contributed by atoms with Gasteiger partial charge in [0.25, 0.3) is 0 Å². The number of nitrogens with zero attached hydrogens (tertiary/aromatic N) is 2. The Morgan fingerprint density at radius 3 is 3.38 bits per heavy atom. The second kappa shape index (κ2) is 3.64. The molecule has 4 heteroatoms. The lowest BCUT2D eigenvalue weighted by atomic mass is 10.2. The van der Waals surface area contributed by atoms with Crippen molar-refractivity contribution in [1.82, 2.24) is 9.88 Å². The van der Waals surface area contributed by atoms with Crippen molar-refractivity contribution in [2.24, 2.45) is 0 Å². The molecule has 2 heterocycles. The fourth-order valence-corrected chi connectivity index (χ4v) is 1.13. The van der Waals surface area contributed by atoms with E-state index in [0.717, 1.165) is 0 Å². The van der Waals surface area contributed by atoms with Crippen molar-refractivity contribution in [3.05, 3.63) is 22.8 Å². The zero-order valence-electron chi connectivity index (χ0n) is 14.4. The number of likely N-dealkylation sites (tertiary alicyclic amines) is 1. The van der Waals surface area contributed by atoms with E-state index in [4.69, 9.17) is 15.7 Å². The molecule has 0 aliphatic carbocycles. The summed E-state index contributed by atoms with van der Waals surface area (Å²) in [7, 11) is 0. The Hall–Kier alpha value is -0.610. The highest BCUT2D eigenvalue weighted by molar-refractivity contribution is 9.10. The molecule has 0 spiro atoms. The standard InChI is InChI=1S/C9H11BrN2O/c1-12-5-7(6-12)13-9-4-2-3-8(10)11-9/h2-4,7H,5-6H2,1H3/i1D3,5D2,6D2,7D. The highest BCUT2D eigenvalue weighted by Gasteiger charge is 2.25. The minimum Gasteiger partial charge on any atom is -0.472 e. The third kappa shape index (κ3) is 2.19. The van der Waals surface area contributed by atoms with Gasteiger partial charge < -0.3 is 4.74 Å². The van der Waals surface area contributed by atoms with Gasteiger partial charge in [-0.05, 0) is 29.0 Å². The predicted molar refractivity (Wildman–Crippen MR) is 53.9 cm³/mol. The lowest BCUT2D eigenvalue weighted by Crippen LogP contribution is -2.51. The first-order valence-electron chi connectivity index (χ1n) is 7.46. The first-order valence-corrected chi connectivity index (χ1v) is 4.25. The topological polar surface area (TPSA) is 25.4 Å². The molecule has 13 heavy (non-hydrogen) atoms. The van der Waals surface area contributed by atoms with Crippen LogP contribution in [-0.2, 0) is 0 Å². The molecule has 0 radical (unpaired) electrons. The summed E-state index contributed by atoms with van der Waals surface area (Å²) in [5, 5.41) is 0. The zero-order valence-corrected chi connectivity index (χ0v) is 8.00. The maximum absolute atomic E-state index is 7.97. The molecule has 1 aliphatic rings. The van der Waals surface area contributed by atoms with Crippen LogP contribution < -0.4 is 4.74 Å². The molecule has 0 aromatic carbocycles. The van der Waals surface area contributed by atoms with Crippen LogP contribution in [0.4, 0.5) is 0 Å². The molecule has 0 bridgehead atoms. The quantitative estimate of drug-likeness (QED) is 0.745. The summed E-state index contributed by atoms with van der Waals surface area (Å²) < 4.78 is 65.9. The van der Waals surface area contributed by atoms with Gasteiger partial charge in [-0.3, -0.25) is 4.90 Å². The third-order valence-electron chi connectivity index (χ3n) is 1.32. The Bertz CT molecular complexity index is 547. The molecule has 0 unspecified atom stereocenters. The molecule has 70 valence electrons. The lowest BCUT2D eigenvalue weighted by Gasteiger charge is -2.35. The van der Waals surface area contributed by atoms with E-state index < -0.39 is 26.0 Å². The van der Waals surface area contributed by atoms with E-state index in [1.54, 1.807) is 6.07 Å². The highest BCUT2D eigenvalue weighted by atomic mass is 79.9. The number of ether oxygens (including phenoxy) is 1. The van der Waals surface area contributed by atoms with E-state index in [1.165, 1.54) is 12.1 Å². The zero-order chi connectivity index (χ0) is 16.3. The molecule has 0 atom stereocenters. The van der Waals surface area contributed by atoms with Gasteiger partial charge >= 0.3 is 0 Å². The number of halogens is 1. The molecule has 0 N–H and O–H groups in total. The van der Waals surface area contributed by atoms with Crippen LogP contribution in [-0.4, -0.2) is 35.9 Å². The predicted octanol–water partition coefficient (Wildman–Crippen LogP) is 1.54. The van der Waals surface area contributed by atoms with Gasteiger partial charge in [0, 0.05) is 28.7 Å². The molecule has 1 saturated heterocycles. The maximum Gasteiger partial charge on any atom is 0.214 e. The molecule has 1 fully saturated rings. The van der Waals surface area contributed by atoms with E-state index in [9.17, 15) is 0 Å². The van der Waals surface area contributed by atoms with Crippen molar-refractivity contribution in [1.29, 1.82) is 0 Å². The van der Waals surface area contributed by atoms with Crippen LogP contribution >= 0.6 is 15.9 Å². The first kappa shape index (κ1) is 3.51. The molecular weight excluding hydrogens is 232 g/mol. The van der Waals surface area contributed by atoms with E-state index >= 15 is 0 Å². The third-order valence-corrected chi connectivity index (χ3v) is 1.76. The van der Waals surface area contributed by atoms with Crippen molar-refractivity contribution < 1.29 is 15.7 Å². The van der Waals surface area contributed by atoms with Gasteiger partial charge in [-0.15, -0.1) is 0 Å². The number of likely N-dealkylation sites (N-methyl/N-ethyl adjacent to an activating group) is 1. The van der Waals surface area contributed by atoms with Gasteiger partial charge in [-0.2, -0.15) is 0 Å². The van der Waals surface area contributed by atoms with Crippen molar-refractivity contribution in [2.45, 2.75) is 6.08 Å². The molecule has 1 aromatic rings. The Balaban J connectivity index is 2.39. The summed E-state index contributed by atoms with van der Waals surface area (Å²) in [6, 6.07) is 4.41. The average Bonchev–Trinajstić information content (AvgIpc) is 2.24. The monoisotopic (exact) mass is 250 g/mol. The largest absolute Gasteiger partial charge is 0.472 e. The molecule has 0 saturated carbocycles. The fraction of sp³-hybridized carbons (Fsp3) is 0.444. The van der Waals surface area contributed by atoms with Crippen molar-refractivity contribution in [2.75, 3.05) is 20.0 Å². The minimum atomic E-state index is -3.04. The van der Waals surface area contributed by atoms with E-state index in [1.807, 2.05) is 0 Å². The molecule has 1 aromatic heterocycles. The summed E-state index contributed by atoms with van der Waals surface area (Å²) in [6.45, 7) is -8.75. The molecule has 1 aliphatic heterocycles. The van der Waals surface area contributed by atoms with Crippen molar-refractivity contribution >= 4 is 15.9 Å². The molecule has 0 amide bonds. The summed E-state index contributed by atoms with van der Waals surface area (Å²) in [6.07, 6.45) is -2.76. The van der Waals surface area contributed by atoms with Crippen molar-refractivity contribution in [3.8, 4) is 5.88 Å².